The van der Waals surface area contributed by atoms with Gasteiger partial charge < -0.3 is 5.11 Å². The van der Waals surface area contributed by atoms with Gasteiger partial charge in [0.2, 0.25) is 0 Å². The lowest BCUT2D eigenvalue weighted by Gasteiger charge is -2.33. The summed E-state index contributed by atoms with van der Waals surface area (Å²) in [6.07, 6.45) is 6.31. The van der Waals surface area contributed by atoms with Gasteiger partial charge in [0.05, 0.1) is 5.60 Å². The SMILES string of the molecule is C=C(C(=O)c1ccccc1SC)C1(O)CCCCC1. The first kappa shape index (κ1) is 14.4. The van der Waals surface area contributed by atoms with Crippen LogP contribution < -0.4 is 0 Å². The summed E-state index contributed by atoms with van der Waals surface area (Å²) in [6.45, 7) is 3.89. The largest absolute Gasteiger partial charge is 0.385 e. The molecule has 0 saturated heterocycles. The van der Waals surface area contributed by atoms with Crippen molar-refractivity contribution in [3.63, 3.8) is 0 Å². The molecule has 1 saturated carbocycles. The van der Waals surface area contributed by atoms with Crippen molar-refractivity contribution in [3.05, 3.63) is 42.0 Å². The average molecular weight is 276 g/mol. The summed E-state index contributed by atoms with van der Waals surface area (Å²) in [5.41, 5.74) is 0.00797. The van der Waals surface area contributed by atoms with Crippen molar-refractivity contribution in [1.82, 2.24) is 0 Å². The second kappa shape index (κ2) is 5.93. The molecule has 2 rings (SSSR count). The van der Waals surface area contributed by atoms with E-state index in [-0.39, 0.29) is 5.78 Å². The van der Waals surface area contributed by atoms with E-state index in [1.807, 2.05) is 30.5 Å². The molecule has 0 atom stereocenters. The Morgan fingerprint density at radius 2 is 1.89 bits per heavy atom. The Balaban J connectivity index is 2.26. The van der Waals surface area contributed by atoms with Crippen LogP contribution >= 0.6 is 11.8 Å². The van der Waals surface area contributed by atoms with Gasteiger partial charge in [-0.25, -0.2) is 0 Å². The van der Waals surface area contributed by atoms with E-state index < -0.39 is 5.60 Å². The van der Waals surface area contributed by atoms with Gasteiger partial charge in [-0.1, -0.05) is 38.0 Å². The molecule has 0 aromatic heterocycles. The molecule has 1 aliphatic rings. The third-order valence-corrected chi connectivity index (χ3v) is 4.66. The zero-order valence-corrected chi connectivity index (χ0v) is 12.1. The molecule has 1 N–H and O–H groups in total. The second-order valence-electron chi connectivity index (χ2n) is 5.10. The predicted molar refractivity (Wildman–Crippen MR) is 79.7 cm³/mol. The van der Waals surface area contributed by atoms with Crippen LogP contribution in [0.5, 0.6) is 0 Å². The molecule has 1 fully saturated rings. The molecule has 0 heterocycles. The van der Waals surface area contributed by atoms with Crippen LogP contribution in [0.15, 0.2) is 41.3 Å². The Kier molecular flexibility index (Phi) is 4.48. The first-order chi connectivity index (χ1) is 9.08. The minimum absolute atomic E-state index is 0.116. The van der Waals surface area contributed by atoms with Crippen LogP contribution in [0.1, 0.15) is 42.5 Å². The number of hydrogen-bond acceptors (Lipinski definition) is 3. The standard InChI is InChI=1S/C16H20O2S/c1-12(16(18)10-6-3-7-11-16)15(17)13-8-4-5-9-14(13)19-2/h4-5,8-9,18H,1,3,6-7,10-11H2,2H3. The van der Waals surface area contributed by atoms with Crippen molar-refractivity contribution >= 4 is 17.5 Å². The van der Waals surface area contributed by atoms with Gasteiger partial charge in [0.15, 0.2) is 5.78 Å². The van der Waals surface area contributed by atoms with Crippen LogP contribution in [0, 0.1) is 0 Å². The third kappa shape index (κ3) is 2.93. The maximum Gasteiger partial charge on any atom is 0.192 e. The summed E-state index contributed by atoms with van der Waals surface area (Å²) in [5.74, 6) is -0.116. The molecule has 102 valence electrons. The van der Waals surface area contributed by atoms with Crippen LogP contribution in [-0.2, 0) is 0 Å². The number of benzene rings is 1. The lowest BCUT2D eigenvalue weighted by molar-refractivity contribution is 0.0368. The van der Waals surface area contributed by atoms with Crippen LogP contribution in [0.2, 0.25) is 0 Å². The van der Waals surface area contributed by atoms with Gasteiger partial charge in [0.25, 0.3) is 0 Å². The van der Waals surface area contributed by atoms with Crippen LogP contribution in [0.3, 0.4) is 0 Å². The molecule has 1 aliphatic carbocycles. The van der Waals surface area contributed by atoms with Gasteiger partial charge in [-0.2, -0.15) is 0 Å². The van der Waals surface area contributed by atoms with Gasteiger partial charge in [0.1, 0.15) is 0 Å². The zero-order chi connectivity index (χ0) is 13.9. The zero-order valence-electron chi connectivity index (χ0n) is 11.3. The maximum atomic E-state index is 12.6. The lowest BCUT2D eigenvalue weighted by Crippen LogP contribution is -2.36. The van der Waals surface area contributed by atoms with Crippen molar-refractivity contribution < 1.29 is 9.90 Å². The summed E-state index contributed by atoms with van der Waals surface area (Å²) >= 11 is 1.54. The highest BCUT2D eigenvalue weighted by atomic mass is 32.2. The number of hydrogen-bond donors (Lipinski definition) is 1. The normalized spacial score (nSPS) is 18.0. The van der Waals surface area contributed by atoms with Gasteiger partial charge in [-0.15, -0.1) is 11.8 Å². The molecule has 0 amide bonds. The van der Waals surface area contributed by atoms with Crippen molar-refractivity contribution in [2.75, 3.05) is 6.26 Å². The van der Waals surface area contributed by atoms with E-state index in [0.717, 1.165) is 24.2 Å². The summed E-state index contributed by atoms with van der Waals surface area (Å²) in [4.78, 5) is 13.5. The number of carbonyl (C=O) groups is 1. The smallest absolute Gasteiger partial charge is 0.192 e. The highest BCUT2D eigenvalue weighted by Crippen LogP contribution is 2.35. The Bertz CT molecular complexity index is 487. The maximum absolute atomic E-state index is 12.6. The number of ketones is 1. The lowest BCUT2D eigenvalue weighted by atomic mass is 9.77. The quantitative estimate of drug-likeness (QED) is 0.516. The van der Waals surface area contributed by atoms with Gasteiger partial charge in [0, 0.05) is 16.0 Å². The third-order valence-electron chi connectivity index (χ3n) is 3.87. The van der Waals surface area contributed by atoms with Crippen molar-refractivity contribution in [2.24, 2.45) is 0 Å². The molecular weight excluding hydrogens is 256 g/mol. The second-order valence-corrected chi connectivity index (χ2v) is 5.95. The van der Waals surface area contributed by atoms with Gasteiger partial charge in [-0.3, -0.25) is 4.79 Å². The fraction of sp³-hybridized carbons (Fsp3) is 0.438. The first-order valence-corrected chi connectivity index (χ1v) is 7.90. The van der Waals surface area contributed by atoms with E-state index in [4.69, 9.17) is 0 Å². The summed E-state index contributed by atoms with van der Waals surface area (Å²) < 4.78 is 0. The van der Waals surface area contributed by atoms with Crippen molar-refractivity contribution in [1.29, 1.82) is 0 Å². The molecule has 0 spiro atoms. The highest BCUT2D eigenvalue weighted by Gasteiger charge is 2.36. The molecule has 19 heavy (non-hydrogen) atoms. The number of Topliss-reactive ketones (excluding diaryl/α,β-unsaturated/α-hetero) is 1. The predicted octanol–water partition coefficient (Wildman–Crippen LogP) is 3.84. The average Bonchev–Trinajstić information content (AvgIpc) is 2.46. The van der Waals surface area contributed by atoms with Crippen LogP contribution in [-0.4, -0.2) is 22.7 Å². The number of thioether (sulfide) groups is 1. The fourth-order valence-corrected chi connectivity index (χ4v) is 3.24. The molecular formula is C16H20O2S. The first-order valence-electron chi connectivity index (χ1n) is 6.68. The monoisotopic (exact) mass is 276 g/mol. The summed E-state index contributed by atoms with van der Waals surface area (Å²) in [5, 5.41) is 10.6. The van der Waals surface area contributed by atoms with E-state index in [9.17, 15) is 9.90 Å². The van der Waals surface area contributed by atoms with E-state index in [2.05, 4.69) is 6.58 Å². The van der Waals surface area contributed by atoms with E-state index in [1.54, 1.807) is 11.8 Å². The van der Waals surface area contributed by atoms with Gasteiger partial charge >= 0.3 is 0 Å². The van der Waals surface area contributed by atoms with Crippen LogP contribution in [0.4, 0.5) is 0 Å². The molecule has 3 heteroatoms. The number of carbonyl (C=O) groups excluding carboxylic acids is 1. The minimum Gasteiger partial charge on any atom is -0.385 e. The minimum atomic E-state index is -0.999. The molecule has 1 aromatic rings. The van der Waals surface area contributed by atoms with Crippen molar-refractivity contribution in [2.45, 2.75) is 42.6 Å². The Labute approximate surface area is 118 Å². The topological polar surface area (TPSA) is 37.3 Å². The molecule has 0 radical (unpaired) electrons. The number of aliphatic hydroxyl groups is 1. The Morgan fingerprint density at radius 1 is 1.26 bits per heavy atom. The highest BCUT2D eigenvalue weighted by molar-refractivity contribution is 7.98. The van der Waals surface area contributed by atoms with E-state index in [0.29, 0.717) is 24.0 Å². The Hall–Kier alpha value is -1.06. The van der Waals surface area contributed by atoms with Crippen molar-refractivity contribution in [3.8, 4) is 0 Å². The molecule has 2 nitrogen and oxygen atoms in total. The van der Waals surface area contributed by atoms with Crippen LogP contribution in [0.25, 0.3) is 0 Å². The summed E-state index contributed by atoms with van der Waals surface area (Å²) in [6, 6.07) is 7.51. The molecule has 0 aliphatic heterocycles. The van der Waals surface area contributed by atoms with E-state index >= 15 is 0 Å². The molecule has 0 bridgehead atoms. The van der Waals surface area contributed by atoms with E-state index in [1.165, 1.54) is 0 Å². The molecule has 1 aromatic carbocycles. The Morgan fingerprint density at radius 3 is 2.53 bits per heavy atom. The number of rotatable bonds is 4. The van der Waals surface area contributed by atoms with Gasteiger partial charge in [-0.05, 0) is 31.2 Å². The molecule has 0 unspecified atom stereocenters. The fourth-order valence-electron chi connectivity index (χ4n) is 2.64. The summed E-state index contributed by atoms with van der Waals surface area (Å²) in [7, 11) is 0.